The maximum absolute atomic E-state index is 3.54. The molecule has 21 heavy (non-hydrogen) atoms. The predicted molar refractivity (Wildman–Crippen MR) is 89.6 cm³/mol. The van der Waals surface area contributed by atoms with Gasteiger partial charge in [0, 0.05) is 44.8 Å². The third-order valence-corrected chi connectivity index (χ3v) is 4.72. The van der Waals surface area contributed by atoms with Gasteiger partial charge in [0.05, 0.1) is 11.4 Å². The summed E-state index contributed by atoms with van der Waals surface area (Å²) in [5.74, 6) is 0.581. The molecule has 2 aliphatic rings. The summed E-state index contributed by atoms with van der Waals surface area (Å²) in [6.07, 6.45) is 0. The predicted octanol–water partition coefficient (Wildman–Crippen LogP) is 3.15. The van der Waals surface area contributed by atoms with E-state index >= 15 is 0 Å². The minimum Gasteiger partial charge on any atom is -0.384 e. The summed E-state index contributed by atoms with van der Waals surface area (Å²) in [5, 5.41) is 3.54. The van der Waals surface area contributed by atoms with Gasteiger partial charge in [0.1, 0.15) is 0 Å². The van der Waals surface area contributed by atoms with Crippen molar-refractivity contribution in [3.05, 3.63) is 54.1 Å². The molecule has 0 spiro atoms. The average molecular weight is 279 g/mol. The first-order valence-electron chi connectivity index (χ1n) is 7.71. The van der Waals surface area contributed by atoms with E-state index in [4.69, 9.17) is 0 Å². The van der Waals surface area contributed by atoms with Crippen molar-refractivity contribution in [2.24, 2.45) is 0 Å². The Morgan fingerprint density at radius 3 is 2.67 bits per heavy atom. The normalized spacial score (nSPS) is 20.0. The Labute approximate surface area is 126 Å². The second kappa shape index (κ2) is 4.99. The highest BCUT2D eigenvalue weighted by molar-refractivity contribution is 5.73. The lowest BCUT2D eigenvalue weighted by molar-refractivity contribution is 0.663. The minimum atomic E-state index is 0.581. The van der Waals surface area contributed by atoms with Crippen LogP contribution < -0.4 is 15.1 Å². The van der Waals surface area contributed by atoms with E-state index in [1.54, 1.807) is 0 Å². The van der Waals surface area contributed by atoms with Crippen LogP contribution in [-0.2, 0) is 0 Å². The number of rotatable bonds is 2. The van der Waals surface area contributed by atoms with Gasteiger partial charge in [-0.2, -0.15) is 0 Å². The van der Waals surface area contributed by atoms with Gasteiger partial charge >= 0.3 is 0 Å². The Kier molecular flexibility index (Phi) is 2.99. The number of nitrogens with one attached hydrogen (secondary N) is 1. The number of nitrogens with zero attached hydrogens (tertiary/aromatic N) is 2. The first kappa shape index (κ1) is 12.6. The lowest BCUT2D eigenvalue weighted by Crippen LogP contribution is -2.41. The van der Waals surface area contributed by atoms with E-state index in [9.17, 15) is 0 Å². The van der Waals surface area contributed by atoms with Crippen LogP contribution >= 0.6 is 0 Å². The van der Waals surface area contributed by atoms with Crippen molar-refractivity contribution in [3.8, 4) is 0 Å². The molecule has 1 N–H and O–H groups in total. The molecule has 1 unspecified atom stereocenters. The largest absolute Gasteiger partial charge is 0.384 e. The van der Waals surface area contributed by atoms with Crippen LogP contribution in [0.5, 0.6) is 0 Å². The van der Waals surface area contributed by atoms with Gasteiger partial charge in [-0.15, -0.1) is 0 Å². The third-order valence-electron chi connectivity index (χ3n) is 4.72. The van der Waals surface area contributed by atoms with Gasteiger partial charge in [-0.3, -0.25) is 0 Å². The molecule has 0 aromatic heterocycles. The highest BCUT2D eigenvalue weighted by atomic mass is 15.3. The molecule has 2 aliphatic heterocycles. The van der Waals surface area contributed by atoms with E-state index in [-0.39, 0.29) is 0 Å². The summed E-state index contributed by atoms with van der Waals surface area (Å²) in [6, 6.07) is 17.5. The van der Waals surface area contributed by atoms with Gasteiger partial charge in [-0.05, 0) is 23.8 Å². The molecule has 0 fully saturated rings. The Hall–Kier alpha value is -2.16. The molecule has 0 saturated carbocycles. The van der Waals surface area contributed by atoms with Crippen LogP contribution in [0.1, 0.15) is 11.5 Å². The molecule has 0 radical (unpaired) electrons. The number of likely N-dealkylation sites (N-methyl/N-ethyl adjacent to an activating group) is 1. The van der Waals surface area contributed by atoms with Crippen molar-refractivity contribution in [1.82, 2.24) is 0 Å². The fourth-order valence-electron chi connectivity index (χ4n) is 3.54. The molecule has 2 aromatic rings. The summed E-state index contributed by atoms with van der Waals surface area (Å²) >= 11 is 0. The van der Waals surface area contributed by atoms with Crippen LogP contribution in [0.3, 0.4) is 0 Å². The van der Waals surface area contributed by atoms with Crippen LogP contribution in [0.25, 0.3) is 0 Å². The maximum atomic E-state index is 3.54. The Morgan fingerprint density at radius 1 is 1.00 bits per heavy atom. The molecule has 0 bridgehead atoms. The Morgan fingerprint density at radius 2 is 1.76 bits per heavy atom. The minimum absolute atomic E-state index is 0.581. The summed E-state index contributed by atoms with van der Waals surface area (Å²) in [4.78, 5) is 4.90. The van der Waals surface area contributed by atoms with Crippen LogP contribution in [0.4, 0.5) is 17.1 Å². The second-order valence-electron chi connectivity index (χ2n) is 6.02. The molecule has 0 amide bonds. The second-order valence-corrected chi connectivity index (χ2v) is 6.02. The van der Waals surface area contributed by atoms with Crippen molar-refractivity contribution in [3.63, 3.8) is 0 Å². The highest BCUT2D eigenvalue weighted by Crippen LogP contribution is 2.36. The molecular weight excluding hydrogens is 258 g/mol. The first-order chi connectivity index (χ1) is 10.3. The smallest absolute Gasteiger partial charge is 0.0604 e. The molecule has 0 saturated heterocycles. The number of benzene rings is 2. The molecular formula is C18H21N3. The number of hydrogen-bond acceptors (Lipinski definition) is 3. The van der Waals surface area contributed by atoms with Crippen molar-refractivity contribution >= 4 is 17.1 Å². The number of anilines is 3. The molecule has 2 heterocycles. The first-order valence-corrected chi connectivity index (χ1v) is 7.71. The molecule has 1 atom stereocenters. The van der Waals surface area contributed by atoms with Gasteiger partial charge < -0.3 is 15.1 Å². The zero-order chi connectivity index (χ0) is 14.2. The van der Waals surface area contributed by atoms with Crippen LogP contribution in [0, 0.1) is 0 Å². The lowest BCUT2D eigenvalue weighted by atomic mass is 10.00. The number of para-hydroxylation sites is 3. The van der Waals surface area contributed by atoms with Crippen molar-refractivity contribution < 1.29 is 0 Å². The average Bonchev–Trinajstić information content (AvgIpc) is 2.94. The van der Waals surface area contributed by atoms with Crippen LogP contribution in [0.15, 0.2) is 48.5 Å². The summed E-state index contributed by atoms with van der Waals surface area (Å²) in [5.41, 5.74) is 5.50. The van der Waals surface area contributed by atoms with E-state index < -0.39 is 0 Å². The van der Waals surface area contributed by atoms with E-state index in [2.05, 4.69) is 70.7 Å². The number of fused-ring (bicyclic) bond motifs is 2. The van der Waals surface area contributed by atoms with Gasteiger partial charge in [0.25, 0.3) is 0 Å². The van der Waals surface area contributed by atoms with Crippen molar-refractivity contribution in [2.75, 3.05) is 48.3 Å². The van der Waals surface area contributed by atoms with Gasteiger partial charge in [0.2, 0.25) is 0 Å². The van der Waals surface area contributed by atoms with Crippen LogP contribution in [-0.4, -0.2) is 33.2 Å². The molecule has 4 rings (SSSR count). The zero-order valence-corrected chi connectivity index (χ0v) is 12.4. The van der Waals surface area contributed by atoms with Crippen molar-refractivity contribution in [1.29, 1.82) is 0 Å². The molecule has 3 heteroatoms. The van der Waals surface area contributed by atoms with Gasteiger partial charge in [-0.1, -0.05) is 30.3 Å². The fraction of sp³-hybridized carbons (Fsp3) is 0.333. The van der Waals surface area contributed by atoms with E-state index in [1.165, 1.54) is 22.6 Å². The monoisotopic (exact) mass is 279 g/mol. The van der Waals surface area contributed by atoms with Gasteiger partial charge in [-0.25, -0.2) is 0 Å². The van der Waals surface area contributed by atoms with Gasteiger partial charge in [0.15, 0.2) is 0 Å². The molecule has 0 aliphatic carbocycles. The summed E-state index contributed by atoms with van der Waals surface area (Å²) in [6.45, 7) is 4.34. The zero-order valence-electron chi connectivity index (χ0n) is 12.4. The molecule has 3 nitrogen and oxygen atoms in total. The molecule has 108 valence electrons. The SMILES string of the molecule is CN1CCN(CC2CNc3ccccc32)c2ccccc21. The Balaban J connectivity index is 1.61. The van der Waals surface area contributed by atoms with E-state index in [1.807, 2.05) is 0 Å². The van der Waals surface area contributed by atoms with Crippen LogP contribution in [0.2, 0.25) is 0 Å². The topological polar surface area (TPSA) is 18.5 Å². The standard InChI is InChI=1S/C18H21N3/c1-20-10-11-21(18-9-5-4-8-17(18)20)13-14-12-19-16-7-3-2-6-15(14)16/h2-9,14,19H,10-13H2,1H3. The quantitative estimate of drug-likeness (QED) is 0.911. The van der Waals surface area contributed by atoms with E-state index in [0.717, 1.165) is 26.2 Å². The van der Waals surface area contributed by atoms with E-state index in [0.29, 0.717) is 5.92 Å². The summed E-state index contributed by atoms with van der Waals surface area (Å²) < 4.78 is 0. The third kappa shape index (κ3) is 2.13. The summed E-state index contributed by atoms with van der Waals surface area (Å²) in [7, 11) is 2.18. The highest BCUT2D eigenvalue weighted by Gasteiger charge is 2.27. The fourth-order valence-corrected chi connectivity index (χ4v) is 3.54. The lowest BCUT2D eigenvalue weighted by Gasteiger charge is -2.38. The maximum Gasteiger partial charge on any atom is 0.0604 e. The molecule has 2 aromatic carbocycles. The Bertz CT molecular complexity index is 652. The number of hydrogen-bond donors (Lipinski definition) is 1. The van der Waals surface area contributed by atoms with Crippen molar-refractivity contribution in [2.45, 2.75) is 5.92 Å².